The van der Waals surface area contributed by atoms with Gasteiger partial charge in [0.2, 0.25) is 0 Å². The summed E-state index contributed by atoms with van der Waals surface area (Å²) in [7, 11) is 4.03. The van der Waals surface area contributed by atoms with Crippen LogP contribution in [0, 0.1) is 6.92 Å². The van der Waals surface area contributed by atoms with Crippen molar-refractivity contribution in [2.45, 2.75) is 13.5 Å². The summed E-state index contributed by atoms with van der Waals surface area (Å²) in [6.45, 7) is 3.64. The van der Waals surface area contributed by atoms with Crippen LogP contribution in [0.2, 0.25) is 0 Å². The minimum Gasteiger partial charge on any atom is -0.388 e. The second kappa shape index (κ2) is 4.47. The van der Waals surface area contributed by atoms with E-state index in [1.165, 1.54) is 0 Å². The summed E-state index contributed by atoms with van der Waals surface area (Å²) in [5.74, 6) is 0. The minimum atomic E-state index is 0.304. The van der Waals surface area contributed by atoms with Crippen molar-refractivity contribution in [1.82, 2.24) is 19.9 Å². The van der Waals surface area contributed by atoms with Crippen LogP contribution in [-0.4, -0.2) is 45.5 Å². The highest BCUT2D eigenvalue weighted by molar-refractivity contribution is 7.80. The molecule has 1 aromatic heterocycles. The van der Waals surface area contributed by atoms with Crippen molar-refractivity contribution < 1.29 is 0 Å². The first-order chi connectivity index (χ1) is 6.52. The van der Waals surface area contributed by atoms with E-state index in [0.29, 0.717) is 10.7 Å². The molecule has 78 valence electrons. The Hall–Kier alpha value is -1.01. The maximum atomic E-state index is 5.49. The molecule has 0 aliphatic rings. The van der Waals surface area contributed by atoms with E-state index in [2.05, 4.69) is 15.2 Å². The Balaban J connectivity index is 2.74. The van der Waals surface area contributed by atoms with Crippen LogP contribution in [0.15, 0.2) is 0 Å². The molecule has 0 atom stereocenters. The van der Waals surface area contributed by atoms with Crippen LogP contribution in [0.5, 0.6) is 0 Å². The SMILES string of the molecule is Cc1c(C(N)=S)nnn1CCN(C)C. The van der Waals surface area contributed by atoms with E-state index in [9.17, 15) is 0 Å². The van der Waals surface area contributed by atoms with Crippen molar-refractivity contribution in [3.63, 3.8) is 0 Å². The van der Waals surface area contributed by atoms with Gasteiger partial charge in [0.15, 0.2) is 0 Å². The van der Waals surface area contributed by atoms with Crippen LogP contribution in [0.4, 0.5) is 0 Å². The van der Waals surface area contributed by atoms with E-state index < -0.39 is 0 Å². The molecule has 0 aliphatic heterocycles. The number of nitrogens with zero attached hydrogens (tertiary/aromatic N) is 4. The van der Waals surface area contributed by atoms with Gasteiger partial charge in [0.05, 0.1) is 12.2 Å². The normalized spacial score (nSPS) is 10.9. The summed E-state index contributed by atoms with van der Waals surface area (Å²) >= 11 is 4.85. The number of hydrogen-bond acceptors (Lipinski definition) is 4. The van der Waals surface area contributed by atoms with Crippen molar-refractivity contribution in [2.75, 3.05) is 20.6 Å². The van der Waals surface area contributed by atoms with Crippen molar-refractivity contribution in [2.24, 2.45) is 5.73 Å². The van der Waals surface area contributed by atoms with Gasteiger partial charge in [0, 0.05) is 6.54 Å². The average molecular weight is 213 g/mol. The summed E-state index contributed by atoms with van der Waals surface area (Å²) in [6, 6.07) is 0. The number of hydrogen-bond donors (Lipinski definition) is 1. The number of thiocarbonyl (C=S) groups is 1. The molecule has 0 fully saturated rings. The zero-order valence-corrected chi connectivity index (χ0v) is 9.51. The van der Waals surface area contributed by atoms with Crippen molar-refractivity contribution in [3.8, 4) is 0 Å². The molecular weight excluding hydrogens is 198 g/mol. The first-order valence-corrected chi connectivity index (χ1v) is 4.78. The predicted molar refractivity (Wildman–Crippen MR) is 59.2 cm³/mol. The zero-order chi connectivity index (χ0) is 10.7. The van der Waals surface area contributed by atoms with E-state index in [4.69, 9.17) is 18.0 Å². The molecule has 1 aromatic rings. The third-order valence-electron chi connectivity index (χ3n) is 1.97. The lowest BCUT2D eigenvalue weighted by atomic mass is 10.3. The van der Waals surface area contributed by atoms with E-state index in [1.54, 1.807) is 0 Å². The second-order valence-electron chi connectivity index (χ2n) is 3.41. The van der Waals surface area contributed by atoms with Crippen LogP contribution in [-0.2, 0) is 6.54 Å². The maximum Gasteiger partial charge on any atom is 0.142 e. The predicted octanol–water partition coefficient (Wildman–Crippen LogP) is -0.218. The first kappa shape index (κ1) is 11.1. The van der Waals surface area contributed by atoms with Gasteiger partial charge in [-0.25, -0.2) is 4.68 Å². The molecule has 0 saturated heterocycles. The Bertz CT molecular complexity index is 330. The highest BCUT2D eigenvalue weighted by Crippen LogP contribution is 2.02. The molecular formula is C8H15N5S. The molecule has 0 saturated carbocycles. The van der Waals surface area contributed by atoms with E-state index >= 15 is 0 Å². The smallest absolute Gasteiger partial charge is 0.142 e. The van der Waals surface area contributed by atoms with Gasteiger partial charge in [-0.15, -0.1) is 5.10 Å². The molecule has 1 heterocycles. The maximum absolute atomic E-state index is 5.49. The Morgan fingerprint density at radius 3 is 2.64 bits per heavy atom. The highest BCUT2D eigenvalue weighted by atomic mass is 32.1. The van der Waals surface area contributed by atoms with E-state index in [-0.39, 0.29) is 0 Å². The van der Waals surface area contributed by atoms with Crippen LogP contribution >= 0.6 is 12.2 Å². The van der Waals surface area contributed by atoms with Gasteiger partial charge in [-0.2, -0.15) is 0 Å². The molecule has 0 aromatic carbocycles. The topological polar surface area (TPSA) is 60.0 Å². The second-order valence-corrected chi connectivity index (χ2v) is 3.85. The van der Waals surface area contributed by atoms with Crippen LogP contribution in [0.1, 0.15) is 11.4 Å². The van der Waals surface area contributed by atoms with Gasteiger partial charge < -0.3 is 10.6 Å². The van der Waals surface area contributed by atoms with Crippen LogP contribution in [0.3, 0.4) is 0 Å². The molecule has 0 unspecified atom stereocenters. The molecule has 0 bridgehead atoms. The van der Waals surface area contributed by atoms with Gasteiger partial charge in [-0.1, -0.05) is 17.4 Å². The molecule has 0 aliphatic carbocycles. The fourth-order valence-corrected chi connectivity index (χ4v) is 1.28. The van der Waals surface area contributed by atoms with Crippen LogP contribution in [0.25, 0.3) is 0 Å². The average Bonchev–Trinajstić information content (AvgIpc) is 2.43. The number of aromatic nitrogens is 3. The van der Waals surface area contributed by atoms with E-state index in [0.717, 1.165) is 18.8 Å². The Labute approximate surface area is 88.9 Å². The van der Waals surface area contributed by atoms with Gasteiger partial charge in [0.1, 0.15) is 10.7 Å². The molecule has 0 amide bonds. The van der Waals surface area contributed by atoms with Crippen molar-refractivity contribution in [3.05, 3.63) is 11.4 Å². The Morgan fingerprint density at radius 1 is 1.57 bits per heavy atom. The lowest BCUT2D eigenvalue weighted by Crippen LogP contribution is -2.20. The number of rotatable bonds is 4. The summed E-state index contributed by atoms with van der Waals surface area (Å²) in [5.41, 5.74) is 7.04. The molecule has 6 heteroatoms. The van der Waals surface area contributed by atoms with E-state index in [1.807, 2.05) is 25.7 Å². The first-order valence-electron chi connectivity index (χ1n) is 4.37. The monoisotopic (exact) mass is 213 g/mol. The summed E-state index contributed by atoms with van der Waals surface area (Å²) < 4.78 is 1.81. The summed E-state index contributed by atoms with van der Waals surface area (Å²) in [4.78, 5) is 2.39. The molecule has 5 nitrogen and oxygen atoms in total. The minimum absolute atomic E-state index is 0.304. The molecule has 0 radical (unpaired) electrons. The lowest BCUT2D eigenvalue weighted by molar-refractivity contribution is 0.368. The van der Waals surface area contributed by atoms with Gasteiger partial charge in [-0.05, 0) is 21.0 Å². The zero-order valence-electron chi connectivity index (χ0n) is 8.69. The molecule has 1 rings (SSSR count). The highest BCUT2D eigenvalue weighted by Gasteiger charge is 2.09. The third-order valence-corrected chi connectivity index (χ3v) is 2.17. The Kier molecular flexibility index (Phi) is 3.54. The number of nitrogens with two attached hydrogens (primary N) is 1. The molecule has 0 spiro atoms. The number of likely N-dealkylation sites (N-methyl/N-ethyl adjacent to an activating group) is 1. The van der Waals surface area contributed by atoms with Gasteiger partial charge >= 0.3 is 0 Å². The fourth-order valence-electron chi connectivity index (χ4n) is 1.10. The lowest BCUT2D eigenvalue weighted by Gasteiger charge is -2.09. The molecule has 2 N–H and O–H groups in total. The molecule has 14 heavy (non-hydrogen) atoms. The largest absolute Gasteiger partial charge is 0.388 e. The third kappa shape index (κ3) is 2.49. The van der Waals surface area contributed by atoms with Crippen molar-refractivity contribution >= 4 is 17.2 Å². The Morgan fingerprint density at radius 2 is 2.21 bits per heavy atom. The fraction of sp³-hybridized carbons (Fsp3) is 0.625. The standard InChI is InChI=1S/C8H15N5S/c1-6-7(8(9)14)10-11-13(6)5-4-12(2)3/h4-5H2,1-3H3,(H2,9,14). The summed E-state index contributed by atoms with van der Waals surface area (Å²) in [6.07, 6.45) is 0. The van der Waals surface area contributed by atoms with Gasteiger partial charge in [-0.3, -0.25) is 0 Å². The quantitative estimate of drug-likeness (QED) is 0.701. The van der Waals surface area contributed by atoms with Gasteiger partial charge in [0.25, 0.3) is 0 Å². The summed E-state index contributed by atoms with van der Waals surface area (Å²) in [5, 5.41) is 7.90. The van der Waals surface area contributed by atoms with Crippen LogP contribution < -0.4 is 5.73 Å². The van der Waals surface area contributed by atoms with Crippen molar-refractivity contribution in [1.29, 1.82) is 0 Å².